The van der Waals surface area contributed by atoms with E-state index in [9.17, 15) is 0 Å². The lowest BCUT2D eigenvalue weighted by molar-refractivity contribution is -0.0623. The summed E-state index contributed by atoms with van der Waals surface area (Å²) < 4.78 is 16.5. The van der Waals surface area contributed by atoms with Crippen LogP contribution in [0.25, 0.3) is 0 Å². The first kappa shape index (κ1) is 18.1. The number of morpholine rings is 1. The molecule has 2 unspecified atom stereocenters. The largest absolute Gasteiger partial charge is 0.497 e. The van der Waals surface area contributed by atoms with Crippen molar-refractivity contribution in [3.8, 4) is 11.5 Å². The van der Waals surface area contributed by atoms with Gasteiger partial charge in [0.1, 0.15) is 11.5 Å². The van der Waals surface area contributed by atoms with E-state index in [0.29, 0.717) is 0 Å². The number of hydrogen-bond acceptors (Lipinski definition) is 5. The van der Waals surface area contributed by atoms with Crippen LogP contribution in [-0.4, -0.2) is 69.5 Å². The van der Waals surface area contributed by atoms with Gasteiger partial charge in [0, 0.05) is 44.8 Å². The van der Waals surface area contributed by atoms with Crippen molar-refractivity contribution in [3.63, 3.8) is 0 Å². The van der Waals surface area contributed by atoms with Gasteiger partial charge in [-0.25, -0.2) is 0 Å². The molecule has 2 atom stereocenters. The molecule has 1 aromatic carbocycles. The summed E-state index contributed by atoms with van der Waals surface area (Å²) in [5.41, 5.74) is 1.28. The summed E-state index contributed by atoms with van der Waals surface area (Å²) in [6.07, 6.45) is 4.14. The first-order valence-corrected chi connectivity index (χ1v) is 10.0. The topological polar surface area (TPSA) is 34.2 Å². The van der Waals surface area contributed by atoms with Crippen molar-refractivity contribution in [1.29, 1.82) is 0 Å². The number of piperidine rings is 1. The predicted molar refractivity (Wildman–Crippen MR) is 102 cm³/mol. The SMILES string of the molecule is COc1cc(CN2CC3CCCC(C2)C3N2CCOCC2)cc(OC)c1. The minimum atomic E-state index is 0.767. The number of fused-ring (bicyclic) bond motifs is 2. The molecule has 144 valence electrons. The van der Waals surface area contributed by atoms with Crippen molar-refractivity contribution in [2.24, 2.45) is 11.8 Å². The number of likely N-dealkylation sites (tertiary alicyclic amines) is 1. The fourth-order valence-electron chi connectivity index (χ4n) is 5.32. The summed E-state index contributed by atoms with van der Waals surface area (Å²) in [5.74, 6) is 3.35. The maximum Gasteiger partial charge on any atom is 0.122 e. The Hall–Kier alpha value is -1.30. The molecule has 2 bridgehead atoms. The molecule has 0 spiro atoms. The Balaban J connectivity index is 1.45. The third-order valence-corrected chi connectivity index (χ3v) is 6.39. The lowest BCUT2D eigenvalue weighted by atomic mass is 9.72. The van der Waals surface area contributed by atoms with Crippen LogP contribution in [0.2, 0.25) is 0 Å². The van der Waals surface area contributed by atoms with E-state index in [-0.39, 0.29) is 0 Å². The van der Waals surface area contributed by atoms with Crippen LogP contribution in [0.4, 0.5) is 0 Å². The third-order valence-electron chi connectivity index (χ3n) is 6.39. The predicted octanol–water partition coefficient (Wildman–Crippen LogP) is 2.64. The lowest BCUT2D eigenvalue weighted by Crippen LogP contribution is -2.59. The number of rotatable bonds is 5. The summed E-state index contributed by atoms with van der Waals surface area (Å²) in [5, 5.41) is 0. The Labute approximate surface area is 157 Å². The Kier molecular flexibility index (Phi) is 5.67. The molecule has 0 N–H and O–H groups in total. The van der Waals surface area contributed by atoms with E-state index >= 15 is 0 Å². The van der Waals surface area contributed by atoms with Gasteiger partial charge in [0.05, 0.1) is 27.4 Å². The Bertz CT molecular complexity index is 567. The quantitative estimate of drug-likeness (QED) is 0.806. The van der Waals surface area contributed by atoms with Crippen molar-refractivity contribution in [2.45, 2.75) is 31.8 Å². The third kappa shape index (κ3) is 3.85. The van der Waals surface area contributed by atoms with Gasteiger partial charge < -0.3 is 14.2 Å². The summed E-state index contributed by atoms with van der Waals surface area (Å²) in [6, 6.07) is 7.01. The monoisotopic (exact) mass is 360 g/mol. The van der Waals surface area contributed by atoms with E-state index in [1.807, 2.05) is 6.07 Å². The fourth-order valence-corrected chi connectivity index (χ4v) is 5.32. The molecule has 1 aliphatic carbocycles. The maximum atomic E-state index is 5.58. The molecule has 2 aliphatic heterocycles. The first-order valence-electron chi connectivity index (χ1n) is 10.0. The fraction of sp³-hybridized carbons (Fsp3) is 0.714. The second-order valence-corrected chi connectivity index (χ2v) is 8.00. The van der Waals surface area contributed by atoms with Crippen molar-refractivity contribution in [2.75, 3.05) is 53.6 Å². The molecule has 5 nitrogen and oxygen atoms in total. The summed E-state index contributed by atoms with van der Waals surface area (Å²) in [6.45, 7) is 7.44. The molecule has 1 saturated carbocycles. The van der Waals surface area contributed by atoms with Crippen LogP contribution in [-0.2, 0) is 11.3 Å². The van der Waals surface area contributed by atoms with Crippen molar-refractivity contribution in [1.82, 2.24) is 9.80 Å². The van der Waals surface area contributed by atoms with E-state index < -0.39 is 0 Å². The highest BCUT2D eigenvalue weighted by Crippen LogP contribution is 2.39. The highest BCUT2D eigenvalue weighted by Gasteiger charge is 2.42. The van der Waals surface area contributed by atoms with Crippen molar-refractivity contribution >= 4 is 0 Å². The number of nitrogens with zero attached hydrogens (tertiary/aromatic N) is 2. The normalized spacial score (nSPS) is 30.2. The van der Waals surface area contributed by atoms with Gasteiger partial charge in [-0.1, -0.05) is 6.42 Å². The van der Waals surface area contributed by atoms with Gasteiger partial charge in [-0.3, -0.25) is 9.80 Å². The van der Waals surface area contributed by atoms with Gasteiger partial charge in [-0.2, -0.15) is 0 Å². The molecule has 1 aromatic rings. The summed E-state index contributed by atoms with van der Waals surface area (Å²) in [4.78, 5) is 5.38. The van der Waals surface area contributed by atoms with Gasteiger partial charge in [-0.15, -0.1) is 0 Å². The molecule has 2 heterocycles. The van der Waals surface area contributed by atoms with E-state index in [4.69, 9.17) is 14.2 Å². The van der Waals surface area contributed by atoms with Crippen LogP contribution in [0.1, 0.15) is 24.8 Å². The van der Waals surface area contributed by atoms with Gasteiger partial charge in [0.15, 0.2) is 0 Å². The molecule has 0 radical (unpaired) electrons. The first-order chi connectivity index (χ1) is 12.8. The molecule has 0 aromatic heterocycles. The highest BCUT2D eigenvalue weighted by molar-refractivity contribution is 5.38. The zero-order chi connectivity index (χ0) is 17.9. The van der Waals surface area contributed by atoms with E-state index in [2.05, 4.69) is 21.9 Å². The minimum Gasteiger partial charge on any atom is -0.497 e. The lowest BCUT2D eigenvalue weighted by Gasteiger charge is -2.52. The second-order valence-electron chi connectivity index (χ2n) is 8.00. The molecule has 0 amide bonds. The van der Waals surface area contributed by atoms with Crippen molar-refractivity contribution < 1.29 is 14.2 Å². The van der Waals surface area contributed by atoms with Crippen molar-refractivity contribution in [3.05, 3.63) is 23.8 Å². The van der Waals surface area contributed by atoms with Gasteiger partial charge in [0.2, 0.25) is 0 Å². The van der Waals surface area contributed by atoms with Crippen LogP contribution in [0.5, 0.6) is 11.5 Å². The standard InChI is InChI=1S/C21H32N2O3/c1-24-19-10-16(11-20(12-19)25-2)13-22-14-17-4-3-5-18(15-22)21(17)23-6-8-26-9-7-23/h10-12,17-18,21H,3-9,13-15H2,1-2H3. The van der Waals surface area contributed by atoms with Crippen LogP contribution in [0.3, 0.4) is 0 Å². The van der Waals surface area contributed by atoms with Crippen LogP contribution in [0.15, 0.2) is 18.2 Å². The zero-order valence-corrected chi connectivity index (χ0v) is 16.2. The molecule has 4 rings (SSSR count). The molecular formula is C21H32N2O3. The Morgan fingerprint density at radius 1 is 0.962 bits per heavy atom. The highest BCUT2D eigenvalue weighted by atomic mass is 16.5. The average molecular weight is 360 g/mol. The van der Waals surface area contributed by atoms with Crippen LogP contribution < -0.4 is 9.47 Å². The average Bonchev–Trinajstić information content (AvgIpc) is 2.67. The molecule has 26 heavy (non-hydrogen) atoms. The number of benzene rings is 1. The van der Waals surface area contributed by atoms with Gasteiger partial charge in [0.25, 0.3) is 0 Å². The van der Waals surface area contributed by atoms with E-state index in [1.165, 1.54) is 37.9 Å². The Morgan fingerprint density at radius 3 is 2.15 bits per heavy atom. The molecule has 2 saturated heterocycles. The molecule has 5 heteroatoms. The molecular weight excluding hydrogens is 328 g/mol. The Morgan fingerprint density at radius 2 is 1.58 bits per heavy atom. The van der Waals surface area contributed by atoms with Crippen LogP contribution >= 0.6 is 0 Å². The van der Waals surface area contributed by atoms with E-state index in [0.717, 1.165) is 62.2 Å². The molecule has 3 fully saturated rings. The zero-order valence-electron chi connectivity index (χ0n) is 16.2. The summed E-state index contributed by atoms with van der Waals surface area (Å²) >= 11 is 0. The number of hydrogen-bond donors (Lipinski definition) is 0. The number of ether oxygens (including phenoxy) is 3. The number of methoxy groups -OCH3 is 2. The second kappa shape index (κ2) is 8.15. The van der Waals surface area contributed by atoms with Gasteiger partial charge >= 0.3 is 0 Å². The van der Waals surface area contributed by atoms with E-state index in [1.54, 1.807) is 14.2 Å². The maximum absolute atomic E-state index is 5.58. The molecule has 3 aliphatic rings. The van der Waals surface area contributed by atoms with Crippen LogP contribution in [0, 0.1) is 11.8 Å². The minimum absolute atomic E-state index is 0.767. The smallest absolute Gasteiger partial charge is 0.122 e. The van der Waals surface area contributed by atoms with Gasteiger partial charge in [-0.05, 0) is 42.4 Å². The summed E-state index contributed by atoms with van der Waals surface area (Å²) in [7, 11) is 3.44.